The summed E-state index contributed by atoms with van der Waals surface area (Å²) in [5, 5.41) is 7.59. The summed E-state index contributed by atoms with van der Waals surface area (Å²) in [5.41, 5.74) is 1.56. The minimum Gasteiger partial charge on any atom is -0.339 e. The fourth-order valence-corrected chi connectivity index (χ4v) is 2.66. The zero-order valence-electron chi connectivity index (χ0n) is 10.9. The largest absolute Gasteiger partial charge is 0.339 e. The predicted octanol–water partition coefficient (Wildman–Crippen LogP) is -0.166. The van der Waals surface area contributed by atoms with Crippen molar-refractivity contribution in [3.05, 3.63) is 17.5 Å². The van der Waals surface area contributed by atoms with Gasteiger partial charge in [-0.3, -0.25) is 14.3 Å². The summed E-state index contributed by atoms with van der Waals surface area (Å²) < 4.78 is 1.62. The fourth-order valence-electron chi connectivity index (χ4n) is 2.66. The molecule has 1 fully saturated rings. The average Bonchev–Trinajstić information content (AvgIpc) is 2.84. The highest BCUT2D eigenvalue weighted by Gasteiger charge is 2.22. The van der Waals surface area contributed by atoms with Crippen molar-refractivity contribution >= 4 is 11.7 Å². The van der Waals surface area contributed by atoms with Gasteiger partial charge in [-0.05, 0) is 12.8 Å². The SMILES string of the molecule is O=C1CCCc2nn(CC(=O)N3CCNCC3)cc21. The molecular weight excluding hydrogens is 244 g/mol. The molecule has 0 unspecified atom stereocenters. The molecule has 6 nitrogen and oxygen atoms in total. The average molecular weight is 262 g/mol. The van der Waals surface area contributed by atoms with Crippen LogP contribution >= 0.6 is 0 Å². The van der Waals surface area contributed by atoms with Crippen molar-refractivity contribution in [2.45, 2.75) is 25.8 Å². The lowest BCUT2D eigenvalue weighted by molar-refractivity contribution is -0.132. The summed E-state index contributed by atoms with van der Waals surface area (Å²) in [4.78, 5) is 25.7. The Kier molecular flexibility index (Phi) is 3.33. The van der Waals surface area contributed by atoms with E-state index < -0.39 is 0 Å². The molecular formula is C13H18N4O2. The second-order valence-corrected chi connectivity index (χ2v) is 5.09. The zero-order valence-corrected chi connectivity index (χ0v) is 10.9. The molecule has 0 saturated carbocycles. The van der Waals surface area contributed by atoms with E-state index in [-0.39, 0.29) is 18.2 Å². The number of ketones is 1. The Labute approximate surface area is 111 Å². The van der Waals surface area contributed by atoms with E-state index in [1.165, 1.54) is 0 Å². The fraction of sp³-hybridized carbons (Fsp3) is 0.615. The second kappa shape index (κ2) is 5.13. The van der Waals surface area contributed by atoms with Crippen LogP contribution < -0.4 is 5.32 Å². The monoisotopic (exact) mass is 262 g/mol. The Balaban J connectivity index is 1.69. The van der Waals surface area contributed by atoms with Gasteiger partial charge in [-0.1, -0.05) is 0 Å². The molecule has 1 aromatic rings. The van der Waals surface area contributed by atoms with Crippen LogP contribution in [0.15, 0.2) is 6.20 Å². The van der Waals surface area contributed by atoms with Gasteiger partial charge in [0, 0.05) is 38.8 Å². The van der Waals surface area contributed by atoms with Crippen LogP contribution in [0.25, 0.3) is 0 Å². The van der Waals surface area contributed by atoms with Gasteiger partial charge in [-0.25, -0.2) is 0 Å². The number of nitrogens with zero attached hydrogens (tertiary/aromatic N) is 3. The first-order chi connectivity index (χ1) is 9.24. The quantitative estimate of drug-likeness (QED) is 0.804. The van der Waals surface area contributed by atoms with Gasteiger partial charge in [-0.15, -0.1) is 0 Å². The van der Waals surface area contributed by atoms with E-state index in [1.54, 1.807) is 10.9 Å². The number of piperazine rings is 1. The number of Topliss-reactive ketones (excluding diaryl/α,β-unsaturated/α-hetero) is 1. The molecule has 102 valence electrons. The first-order valence-electron chi connectivity index (χ1n) is 6.82. The molecule has 1 saturated heterocycles. The Morgan fingerprint density at radius 1 is 1.32 bits per heavy atom. The molecule has 3 rings (SSSR count). The number of aryl methyl sites for hydroxylation is 1. The van der Waals surface area contributed by atoms with E-state index in [0.29, 0.717) is 12.0 Å². The normalized spacial score (nSPS) is 19.4. The lowest BCUT2D eigenvalue weighted by Crippen LogP contribution is -2.47. The van der Waals surface area contributed by atoms with Crippen molar-refractivity contribution in [2.75, 3.05) is 26.2 Å². The van der Waals surface area contributed by atoms with Gasteiger partial charge in [0.05, 0.1) is 11.3 Å². The number of hydrogen-bond acceptors (Lipinski definition) is 4. The van der Waals surface area contributed by atoms with Crippen molar-refractivity contribution in [1.29, 1.82) is 0 Å². The van der Waals surface area contributed by atoms with Crippen molar-refractivity contribution < 1.29 is 9.59 Å². The van der Waals surface area contributed by atoms with Gasteiger partial charge in [0.2, 0.25) is 5.91 Å². The highest BCUT2D eigenvalue weighted by atomic mass is 16.2. The zero-order chi connectivity index (χ0) is 13.2. The van der Waals surface area contributed by atoms with Crippen LogP contribution in [0.3, 0.4) is 0 Å². The summed E-state index contributed by atoms with van der Waals surface area (Å²) in [6.45, 7) is 3.43. The minimum absolute atomic E-state index is 0.0776. The van der Waals surface area contributed by atoms with Crippen LogP contribution in [0.5, 0.6) is 0 Å². The number of fused-ring (bicyclic) bond motifs is 1. The lowest BCUT2D eigenvalue weighted by atomic mass is 9.97. The number of nitrogens with one attached hydrogen (secondary N) is 1. The maximum atomic E-state index is 12.1. The van der Waals surface area contributed by atoms with Crippen LogP contribution in [-0.2, 0) is 17.8 Å². The molecule has 2 aliphatic rings. The van der Waals surface area contributed by atoms with Gasteiger partial charge in [0.1, 0.15) is 6.54 Å². The van der Waals surface area contributed by atoms with Crippen molar-refractivity contribution in [1.82, 2.24) is 20.0 Å². The van der Waals surface area contributed by atoms with Crippen molar-refractivity contribution in [3.8, 4) is 0 Å². The minimum atomic E-state index is 0.0776. The smallest absolute Gasteiger partial charge is 0.244 e. The summed E-state index contributed by atoms with van der Waals surface area (Å²) in [6, 6.07) is 0. The molecule has 1 aromatic heterocycles. The first kappa shape index (κ1) is 12.3. The van der Waals surface area contributed by atoms with Gasteiger partial charge >= 0.3 is 0 Å². The molecule has 1 aliphatic carbocycles. The number of aromatic nitrogens is 2. The molecule has 0 aromatic carbocycles. The van der Waals surface area contributed by atoms with Gasteiger partial charge < -0.3 is 10.2 Å². The Morgan fingerprint density at radius 2 is 2.11 bits per heavy atom. The van der Waals surface area contributed by atoms with Crippen LogP contribution in [0.2, 0.25) is 0 Å². The van der Waals surface area contributed by atoms with E-state index in [4.69, 9.17) is 0 Å². The van der Waals surface area contributed by atoms with Crippen LogP contribution in [0, 0.1) is 0 Å². The molecule has 1 amide bonds. The van der Waals surface area contributed by atoms with Crippen LogP contribution in [0.4, 0.5) is 0 Å². The number of hydrogen-bond donors (Lipinski definition) is 1. The van der Waals surface area contributed by atoms with E-state index >= 15 is 0 Å². The number of amides is 1. The van der Waals surface area contributed by atoms with E-state index in [2.05, 4.69) is 10.4 Å². The predicted molar refractivity (Wildman–Crippen MR) is 68.9 cm³/mol. The van der Waals surface area contributed by atoms with Gasteiger partial charge in [0.15, 0.2) is 5.78 Å². The Hall–Kier alpha value is -1.69. The van der Waals surface area contributed by atoms with Gasteiger partial charge in [-0.2, -0.15) is 5.10 Å². The molecule has 2 heterocycles. The molecule has 0 radical (unpaired) electrons. The first-order valence-corrected chi connectivity index (χ1v) is 6.82. The second-order valence-electron chi connectivity index (χ2n) is 5.09. The molecule has 0 bridgehead atoms. The summed E-state index contributed by atoms with van der Waals surface area (Å²) in [7, 11) is 0. The highest BCUT2D eigenvalue weighted by Crippen LogP contribution is 2.19. The summed E-state index contributed by atoms with van der Waals surface area (Å²) in [5.74, 6) is 0.232. The third-order valence-corrected chi connectivity index (χ3v) is 3.72. The number of carbonyl (C=O) groups is 2. The highest BCUT2D eigenvalue weighted by molar-refractivity contribution is 5.97. The molecule has 6 heteroatoms. The summed E-state index contributed by atoms with van der Waals surface area (Å²) in [6.07, 6.45) is 4.05. The van der Waals surface area contributed by atoms with E-state index in [0.717, 1.165) is 44.7 Å². The lowest BCUT2D eigenvalue weighted by Gasteiger charge is -2.27. The maximum Gasteiger partial charge on any atom is 0.244 e. The van der Waals surface area contributed by atoms with Crippen LogP contribution in [0.1, 0.15) is 28.9 Å². The molecule has 19 heavy (non-hydrogen) atoms. The molecule has 1 N–H and O–H groups in total. The standard InChI is InChI=1S/C13H18N4O2/c18-12-3-1-2-11-10(12)8-17(15-11)9-13(19)16-6-4-14-5-7-16/h8,14H,1-7,9H2. The van der Waals surface area contributed by atoms with Crippen LogP contribution in [-0.4, -0.2) is 52.5 Å². The topological polar surface area (TPSA) is 67.2 Å². The third-order valence-electron chi connectivity index (χ3n) is 3.72. The van der Waals surface area contributed by atoms with Crippen molar-refractivity contribution in [2.24, 2.45) is 0 Å². The van der Waals surface area contributed by atoms with Gasteiger partial charge in [0.25, 0.3) is 0 Å². The maximum absolute atomic E-state index is 12.1. The van der Waals surface area contributed by atoms with Crippen molar-refractivity contribution in [3.63, 3.8) is 0 Å². The molecule has 0 spiro atoms. The van der Waals surface area contributed by atoms with E-state index in [1.807, 2.05) is 4.90 Å². The summed E-state index contributed by atoms with van der Waals surface area (Å²) >= 11 is 0. The molecule has 0 atom stereocenters. The Morgan fingerprint density at radius 3 is 2.84 bits per heavy atom. The Bertz CT molecular complexity index is 503. The molecule has 1 aliphatic heterocycles. The van der Waals surface area contributed by atoms with E-state index in [9.17, 15) is 9.59 Å². The number of carbonyl (C=O) groups excluding carboxylic acids is 2. The third kappa shape index (κ3) is 2.53. The number of rotatable bonds is 2.